The van der Waals surface area contributed by atoms with Crippen LogP contribution in [-0.2, 0) is 25.7 Å². The van der Waals surface area contributed by atoms with Crippen LogP contribution in [0.25, 0.3) is 0 Å². The third kappa shape index (κ3) is 7.74. The molecule has 0 spiro atoms. The van der Waals surface area contributed by atoms with Crippen molar-refractivity contribution in [1.82, 2.24) is 10.2 Å². The number of benzene rings is 1. The van der Waals surface area contributed by atoms with Crippen LogP contribution in [0, 0.1) is 5.92 Å². The fraction of sp³-hybridized carbons (Fsp3) is 0.526. The highest BCUT2D eigenvalue weighted by Crippen LogP contribution is 2.18. The molecule has 1 aliphatic rings. The van der Waals surface area contributed by atoms with Gasteiger partial charge in [-0.3, -0.25) is 9.59 Å². The van der Waals surface area contributed by atoms with Gasteiger partial charge in [0.15, 0.2) is 0 Å². The van der Waals surface area contributed by atoms with Crippen molar-refractivity contribution in [2.45, 2.75) is 39.0 Å². The van der Waals surface area contributed by atoms with Gasteiger partial charge >= 0.3 is 12.1 Å². The highest BCUT2D eigenvalue weighted by Gasteiger charge is 2.30. The molecule has 0 bridgehead atoms. The lowest BCUT2D eigenvalue weighted by atomic mass is 9.97. The molecule has 1 saturated heterocycles. The lowest BCUT2D eigenvalue weighted by Gasteiger charge is -2.31. The molecule has 2 rings (SSSR count). The van der Waals surface area contributed by atoms with Crippen LogP contribution in [0.5, 0.6) is 0 Å². The summed E-state index contributed by atoms with van der Waals surface area (Å²) in [6, 6.07) is 9.41. The number of hydrogen-bond acceptors (Lipinski definition) is 6. The number of nitrogens with two attached hydrogens (primary N) is 1. The zero-order valence-corrected chi connectivity index (χ0v) is 16.8. The minimum Gasteiger partial charge on any atom is -0.466 e. The van der Waals surface area contributed by atoms with Gasteiger partial charge in [0.2, 0.25) is 5.91 Å². The van der Waals surface area contributed by atoms with Crippen molar-refractivity contribution in [3.05, 3.63) is 35.9 Å². The maximum Gasteiger partial charge on any atom is 0.410 e. The zero-order valence-electron chi connectivity index (χ0n) is 16.0. The highest BCUT2D eigenvalue weighted by molar-refractivity contribution is 5.85. The van der Waals surface area contributed by atoms with Gasteiger partial charge in [-0.25, -0.2) is 4.79 Å². The van der Waals surface area contributed by atoms with Crippen molar-refractivity contribution in [2.24, 2.45) is 11.7 Å². The van der Waals surface area contributed by atoms with Gasteiger partial charge < -0.3 is 25.4 Å². The van der Waals surface area contributed by atoms with Crippen molar-refractivity contribution >= 4 is 30.4 Å². The van der Waals surface area contributed by atoms with E-state index in [9.17, 15) is 14.4 Å². The lowest BCUT2D eigenvalue weighted by Crippen LogP contribution is -2.50. The van der Waals surface area contributed by atoms with Gasteiger partial charge in [0, 0.05) is 13.1 Å². The molecule has 156 valence electrons. The molecule has 1 aliphatic heterocycles. The van der Waals surface area contributed by atoms with E-state index in [4.69, 9.17) is 15.2 Å². The minimum atomic E-state index is -0.808. The minimum absolute atomic E-state index is 0. The molecule has 3 N–H and O–H groups in total. The molecular weight excluding hydrogens is 386 g/mol. The first-order valence-corrected chi connectivity index (χ1v) is 9.16. The Kier molecular flexibility index (Phi) is 10.3. The summed E-state index contributed by atoms with van der Waals surface area (Å²) in [5.41, 5.74) is 6.69. The van der Waals surface area contributed by atoms with Crippen LogP contribution >= 0.6 is 12.4 Å². The van der Waals surface area contributed by atoms with Gasteiger partial charge in [-0.2, -0.15) is 0 Å². The summed E-state index contributed by atoms with van der Waals surface area (Å²) in [7, 11) is 0. The number of hydrogen-bond donors (Lipinski definition) is 2. The molecule has 0 aliphatic carbocycles. The summed E-state index contributed by atoms with van der Waals surface area (Å²) < 4.78 is 10.1. The number of piperidine rings is 1. The average molecular weight is 414 g/mol. The molecule has 1 fully saturated rings. The third-order valence-corrected chi connectivity index (χ3v) is 4.28. The quantitative estimate of drug-likeness (QED) is 0.521. The molecule has 0 saturated carbocycles. The number of esters is 1. The van der Waals surface area contributed by atoms with E-state index in [0.29, 0.717) is 19.4 Å². The Hall–Kier alpha value is -2.32. The van der Waals surface area contributed by atoms with Crippen LogP contribution in [-0.4, -0.2) is 48.7 Å². The number of carbonyl (C=O) groups excluding carboxylic acids is 3. The van der Waals surface area contributed by atoms with Gasteiger partial charge in [0.05, 0.1) is 25.1 Å². The second kappa shape index (κ2) is 12.2. The summed E-state index contributed by atoms with van der Waals surface area (Å²) in [5, 5.41) is 2.62. The van der Waals surface area contributed by atoms with Gasteiger partial charge in [0.1, 0.15) is 6.61 Å². The molecule has 28 heavy (non-hydrogen) atoms. The Morgan fingerprint density at radius 2 is 1.96 bits per heavy atom. The molecule has 2 amide bonds. The van der Waals surface area contributed by atoms with E-state index in [1.165, 1.54) is 4.90 Å². The fourth-order valence-electron chi connectivity index (χ4n) is 2.92. The molecule has 1 aromatic carbocycles. The number of ether oxygens (including phenoxy) is 2. The Labute approximate surface area is 171 Å². The number of nitrogens with zero attached hydrogens (tertiary/aromatic N) is 1. The summed E-state index contributed by atoms with van der Waals surface area (Å²) >= 11 is 0. The Balaban J connectivity index is 0.00000392. The van der Waals surface area contributed by atoms with E-state index >= 15 is 0 Å². The van der Waals surface area contributed by atoms with Gasteiger partial charge in [-0.1, -0.05) is 30.3 Å². The zero-order chi connectivity index (χ0) is 19.6. The lowest BCUT2D eigenvalue weighted by molar-refractivity contribution is -0.143. The Morgan fingerprint density at radius 3 is 2.64 bits per heavy atom. The van der Waals surface area contributed by atoms with E-state index in [0.717, 1.165) is 5.56 Å². The van der Waals surface area contributed by atoms with Crippen molar-refractivity contribution in [2.75, 3.05) is 19.7 Å². The van der Waals surface area contributed by atoms with Crippen molar-refractivity contribution in [1.29, 1.82) is 0 Å². The Morgan fingerprint density at radius 1 is 1.25 bits per heavy atom. The topological polar surface area (TPSA) is 111 Å². The maximum atomic E-state index is 12.4. The van der Waals surface area contributed by atoms with E-state index in [2.05, 4.69) is 5.32 Å². The number of rotatable bonds is 7. The van der Waals surface area contributed by atoms with Crippen molar-refractivity contribution in [3.8, 4) is 0 Å². The summed E-state index contributed by atoms with van der Waals surface area (Å²) in [4.78, 5) is 37.6. The molecule has 0 radical (unpaired) electrons. The first-order chi connectivity index (χ1) is 13.0. The van der Waals surface area contributed by atoms with Crippen LogP contribution in [0.1, 0.15) is 31.7 Å². The monoisotopic (exact) mass is 413 g/mol. The molecule has 0 unspecified atom stereocenters. The van der Waals surface area contributed by atoms with Crippen LogP contribution in [0.15, 0.2) is 30.3 Å². The van der Waals surface area contributed by atoms with Crippen molar-refractivity contribution in [3.63, 3.8) is 0 Å². The standard InChI is InChI=1S/C19H27N3O5.ClH/c1-2-26-17(23)11-16(20)21-18(24)15-9-6-10-22(12-15)19(25)27-13-14-7-4-3-5-8-14;/h3-5,7-8,15-16H,2,6,9-13,20H2,1H3,(H,21,24);1H/t15-,16+;/m1./s1. The molecular formula is C19H28ClN3O5. The molecule has 1 aromatic rings. The van der Waals surface area contributed by atoms with E-state index in [1.54, 1.807) is 6.92 Å². The maximum absolute atomic E-state index is 12.4. The van der Waals surface area contributed by atoms with Crippen molar-refractivity contribution < 1.29 is 23.9 Å². The number of carbonyl (C=O) groups is 3. The molecule has 2 atom stereocenters. The van der Waals surface area contributed by atoms with Gasteiger partial charge in [0.25, 0.3) is 0 Å². The summed E-state index contributed by atoms with van der Waals surface area (Å²) in [5.74, 6) is -1.11. The normalized spacial score (nSPS) is 17.1. The second-order valence-electron chi connectivity index (χ2n) is 6.45. The SMILES string of the molecule is CCOC(=O)C[C@@H](N)NC(=O)[C@@H]1CCCN(C(=O)OCc2ccccc2)C1.Cl. The van der Waals surface area contributed by atoms with E-state index in [1.807, 2.05) is 30.3 Å². The van der Waals surface area contributed by atoms with E-state index in [-0.39, 0.29) is 50.4 Å². The van der Waals surface area contributed by atoms with E-state index < -0.39 is 18.2 Å². The summed E-state index contributed by atoms with van der Waals surface area (Å²) in [6.45, 7) is 2.98. The largest absolute Gasteiger partial charge is 0.466 e. The first kappa shape index (κ1) is 23.7. The van der Waals surface area contributed by atoms with Crippen LogP contribution in [0.4, 0.5) is 4.79 Å². The predicted molar refractivity (Wildman–Crippen MR) is 106 cm³/mol. The third-order valence-electron chi connectivity index (χ3n) is 4.28. The Bertz CT molecular complexity index is 644. The highest BCUT2D eigenvalue weighted by atomic mass is 35.5. The molecule has 1 heterocycles. The first-order valence-electron chi connectivity index (χ1n) is 9.16. The number of halogens is 1. The molecule has 8 nitrogen and oxygen atoms in total. The fourth-order valence-corrected chi connectivity index (χ4v) is 2.92. The molecule has 9 heteroatoms. The molecule has 0 aromatic heterocycles. The number of nitrogens with one attached hydrogen (secondary N) is 1. The number of likely N-dealkylation sites (tertiary alicyclic amines) is 1. The van der Waals surface area contributed by atoms with Crippen LogP contribution in [0.2, 0.25) is 0 Å². The van der Waals surface area contributed by atoms with Crippen LogP contribution < -0.4 is 11.1 Å². The summed E-state index contributed by atoms with van der Waals surface area (Å²) in [6.07, 6.45) is 0.0189. The number of amides is 2. The smallest absolute Gasteiger partial charge is 0.410 e. The van der Waals surface area contributed by atoms with Gasteiger partial charge in [-0.15, -0.1) is 12.4 Å². The van der Waals surface area contributed by atoms with Gasteiger partial charge in [-0.05, 0) is 25.3 Å². The average Bonchev–Trinajstić information content (AvgIpc) is 2.67. The predicted octanol–water partition coefficient (Wildman–Crippen LogP) is 1.81. The second-order valence-corrected chi connectivity index (χ2v) is 6.45. The van der Waals surface area contributed by atoms with Crippen LogP contribution in [0.3, 0.4) is 0 Å².